The smallest absolute Gasteiger partial charge is 0.345 e. The van der Waals surface area contributed by atoms with Crippen LogP contribution in [0.4, 0.5) is 0 Å². The zero-order valence-corrected chi connectivity index (χ0v) is 13.6. The third-order valence-corrected chi connectivity index (χ3v) is 4.21. The molecule has 3 aromatic carbocycles. The van der Waals surface area contributed by atoms with Gasteiger partial charge >= 0.3 is 11.8 Å². The first-order chi connectivity index (χ1) is 12.2. The molecular weight excluding hydrogens is 316 g/mol. The zero-order valence-electron chi connectivity index (χ0n) is 13.6. The van der Waals surface area contributed by atoms with E-state index in [0.717, 1.165) is 11.1 Å². The molecule has 0 spiro atoms. The van der Waals surface area contributed by atoms with Gasteiger partial charge in [0.1, 0.15) is 17.1 Å². The van der Waals surface area contributed by atoms with Crippen molar-refractivity contribution in [3.63, 3.8) is 0 Å². The summed E-state index contributed by atoms with van der Waals surface area (Å²) >= 11 is 0. The Balaban J connectivity index is 1.92. The van der Waals surface area contributed by atoms with E-state index in [-0.39, 0.29) is 0 Å². The van der Waals surface area contributed by atoms with Gasteiger partial charge < -0.3 is 14.2 Å². The summed E-state index contributed by atoms with van der Waals surface area (Å²) in [5.41, 5.74) is 1.86. The van der Waals surface area contributed by atoms with Crippen LogP contribution in [0.3, 0.4) is 0 Å². The van der Waals surface area contributed by atoms with Gasteiger partial charge in [-0.25, -0.2) is 4.79 Å². The second kappa shape index (κ2) is 5.98. The fourth-order valence-electron chi connectivity index (χ4n) is 2.96. The summed E-state index contributed by atoms with van der Waals surface area (Å²) in [6.07, 6.45) is 0. The van der Waals surface area contributed by atoms with Gasteiger partial charge in [0, 0.05) is 17.2 Å². The first-order valence-electron chi connectivity index (χ1n) is 7.94. The molecule has 0 bridgehead atoms. The number of fused-ring (bicyclic) bond motifs is 1. The van der Waals surface area contributed by atoms with Gasteiger partial charge in [-0.1, -0.05) is 60.7 Å². The summed E-state index contributed by atoms with van der Waals surface area (Å²) in [4.78, 5) is 12.7. The molecule has 0 radical (unpaired) electrons. The number of benzene rings is 3. The van der Waals surface area contributed by atoms with Gasteiger partial charge in [-0.2, -0.15) is 0 Å². The summed E-state index contributed by atoms with van der Waals surface area (Å²) in [6.45, 7) is 0. The lowest BCUT2D eigenvalue weighted by Crippen LogP contribution is -2.43. The Labute approximate surface area is 145 Å². The standard InChI is InChI=1S/C21H16O4/c1-23-17-12-13-18-19(14-17)24-21(25-20(18)22,15-8-4-2-5-9-15)16-10-6-3-7-11-16/h2-14H,1H3. The van der Waals surface area contributed by atoms with E-state index in [0.29, 0.717) is 17.1 Å². The van der Waals surface area contributed by atoms with Gasteiger partial charge in [-0.15, -0.1) is 0 Å². The molecule has 0 saturated heterocycles. The molecule has 0 saturated carbocycles. The van der Waals surface area contributed by atoms with Gasteiger partial charge in [0.05, 0.1) is 7.11 Å². The second-order valence-electron chi connectivity index (χ2n) is 5.70. The van der Waals surface area contributed by atoms with E-state index < -0.39 is 11.8 Å². The van der Waals surface area contributed by atoms with Gasteiger partial charge in [-0.05, 0) is 12.1 Å². The van der Waals surface area contributed by atoms with Crippen molar-refractivity contribution in [2.75, 3.05) is 7.11 Å². The minimum atomic E-state index is -1.33. The van der Waals surface area contributed by atoms with Crippen molar-refractivity contribution in [1.82, 2.24) is 0 Å². The van der Waals surface area contributed by atoms with E-state index in [1.807, 2.05) is 60.7 Å². The van der Waals surface area contributed by atoms with Gasteiger partial charge in [0.2, 0.25) is 0 Å². The SMILES string of the molecule is COc1ccc2c(c1)OC(c1ccccc1)(c1ccccc1)OC2=O. The Morgan fingerprint density at radius 2 is 1.40 bits per heavy atom. The molecule has 124 valence electrons. The zero-order chi connectivity index (χ0) is 17.3. The number of hydrogen-bond acceptors (Lipinski definition) is 4. The number of hydrogen-bond donors (Lipinski definition) is 0. The summed E-state index contributed by atoms with van der Waals surface area (Å²) in [7, 11) is 1.57. The van der Waals surface area contributed by atoms with Gasteiger partial charge in [0.15, 0.2) is 0 Å². The Hall–Kier alpha value is -3.27. The largest absolute Gasteiger partial charge is 0.497 e. The summed E-state index contributed by atoms with van der Waals surface area (Å²) < 4.78 is 17.4. The number of ether oxygens (including phenoxy) is 3. The Morgan fingerprint density at radius 1 is 0.800 bits per heavy atom. The van der Waals surface area contributed by atoms with Crippen molar-refractivity contribution in [3.8, 4) is 11.5 Å². The highest BCUT2D eigenvalue weighted by atomic mass is 16.7. The van der Waals surface area contributed by atoms with E-state index in [9.17, 15) is 4.79 Å². The Kier molecular flexibility index (Phi) is 3.65. The molecule has 4 heteroatoms. The molecule has 1 aliphatic heterocycles. The number of cyclic esters (lactones) is 1. The lowest BCUT2D eigenvalue weighted by atomic mass is 9.95. The molecule has 4 rings (SSSR count). The molecule has 1 heterocycles. The molecule has 0 amide bonds. The molecule has 25 heavy (non-hydrogen) atoms. The number of carbonyl (C=O) groups excluding carboxylic acids is 1. The average molecular weight is 332 g/mol. The lowest BCUT2D eigenvalue weighted by Gasteiger charge is -2.38. The van der Waals surface area contributed by atoms with Gasteiger partial charge in [-0.3, -0.25) is 0 Å². The van der Waals surface area contributed by atoms with Crippen LogP contribution in [0.1, 0.15) is 21.5 Å². The Morgan fingerprint density at radius 3 is 1.96 bits per heavy atom. The third kappa shape index (κ3) is 2.52. The highest BCUT2D eigenvalue weighted by Gasteiger charge is 2.46. The average Bonchev–Trinajstić information content (AvgIpc) is 2.68. The molecule has 0 N–H and O–H groups in total. The number of rotatable bonds is 3. The van der Waals surface area contributed by atoms with Crippen LogP contribution >= 0.6 is 0 Å². The van der Waals surface area contributed by atoms with Crippen LogP contribution < -0.4 is 9.47 Å². The summed E-state index contributed by atoms with van der Waals surface area (Å²) in [6, 6.07) is 23.9. The molecule has 3 aromatic rings. The van der Waals surface area contributed by atoms with Crippen LogP contribution in [0, 0.1) is 0 Å². The van der Waals surface area contributed by atoms with E-state index in [4.69, 9.17) is 14.2 Å². The topological polar surface area (TPSA) is 44.8 Å². The van der Waals surface area contributed by atoms with Crippen LogP contribution in [0.5, 0.6) is 11.5 Å². The number of methoxy groups -OCH3 is 1. The van der Waals surface area contributed by atoms with Crippen LogP contribution in [0.25, 0.3) is 0 Å². The lowest BCUT2D eigenvalue weighted by molar-refractivity contribution is -0.131. The monoisotopic (exact) mass is 332 g/mol. The molecule has 0 aliphatic carbocycles. The minimum absolute atomic E-state index is 0.378. The van der Waals surface area contributed by atoms with Crippen LogP contribution in [-0.2, 0) is 10.5 Å². The number of esters is 1. The maximum Gasteiger partial charge on any atom is 0.345 e. The molecule has 1 aliphatic rings. The fraction of sp³-hybridized carbons (Fsp3) is 0.0952. The second-order valence-corrected chi connectivity index (χ2v) is 5.70. The van der Waals surface area contributed by atoms with Crippen LogP contribution in [0.15, 0.2) is 78.9 Å². The van der Waals surface area contributed by atoms with Crippen molar-refractivity contribution in [2.24, 2.45) is 0 Å². The molecular formula is C21H16O4. The highest BCUT2D eigenvalue weighted by Crippen LogP contribution is 2.43. The molecule has 0 fully saturated rings. The van der Waals surface area contributed by atoms with Crippen molar-refractivity contribution < 1.29 is 19.0 Å². The number of carbonyl (C=O) groups is 1. The molecule has 0 aromatic heterocycles. The van der Waals surface area contributed by atoms with Crippen LogP contribution in [-0.4, -0.2) is 13.1 Å². The van der Waals surface area contributed by atoms with E-state index >= 15 is 0 Å². The van der Waals surface area contributed by atoms with Crippen molar-refractivity contribution in [1.29, 1.82) is 0 Å². The predicted molar refractivity (Wildman–Crippen MR) is 92.7 cm³/mol. The molecule has 4 nitrogen and oxygen atoms in total. The first-order valence-corrected chi connectivity index (χ1v) is 7.94. The predicted octanol–water partition coefficient (Wildman–Crippen LogP) is 4.15. The van der Waals surface area contributed by atoms with Crippen molar-refractivity contribution in [3.05, 3.63) is 95.6 Å². The minimum Gasteiger partial charge on any atom is -0.497 e. The van der Waals surface area contributed by atoms with E-state index in [1.54, 1.807) is 25.3 Å². The van der Waals surface area contributed by atoms with E-state index in [1.165, 1.54) is 0 Å². The molecule has 0 atom stereocenters. The summed E-state index contributed by atoms with van der Waals surface area (Å²) in [5.74, 6) is -0.720. The maximum atomic E-state index is 12.7. The third-order valence-electron chi connectivity index (χ3n) is 4.21. The first kappa shape index (κ1) is 15.3. The molecule has 0 unspecified atom stereocenters. The normalized spacial score (nSPS) is 14.8. The fourth-order valence-corrected chi connectivity index (χ4v) is 2.96. The van der Waals surface area contributed by atoms with Crippen molar-refractivity contribution in [2.45, 2.75) is 5.79 Å². The quantitative estimate of drug-likeness (QED) is 0.676. The highest BCUT2D eigenvalue weighted by molar-refractivity contribution is 5.94. The van der Waals surface area contributed by atoms with Crippen molar-refractivity contribution >= 4 is 5.97 Å². The maximum absolute atomic E-state index is 12.7. The summed E-state index contributed by atoms with van der Waals surface area (Å²) in [5, 5.41) is 0. The van der Waals surface area contributed by atoms with Gasteiger partial charge in [0.25, 0.3) is 0 Å². The Bertz CT molecular complexity index is 864. The van der Waals surface area contributed by atoms with Crippen LogP contribution in [0.2, 0.25) is 0 Å². The van der Waals surface area contributed by atoms with E-state index in [2.05, 4.69) is 0 Å².